The highest BCUT2D eigenvalue weighted by Gasteiger charge is 2.58. The standard InChI is InChI=1S/C34H34N6/c1-33-13-25(37-29(33)15-33)31-35-17-27(39-31)20-5-3-19(4-6-20)21-7-8-23-12-24(10-9-22(23)11-21)28-18-36-32(40-28)26-14-34(2)16-30(34)38-26/h3-12,17-18,25-26,29-30,37-38H,13-16H2,1-2H3,(H,35,39)(H,36,40)/t25-,26-,29-,30-,33+,34-/m0/s1. The molecule has 6 nitrogen and oxygen atoms in total. The van der Waals surface area contributed by atoms with Crippen LogP contribution >= 0.6 is 0 Å². The van der Waals surface area contributed by atoms with Crippen LogP contribution in [-0.2, 0) is 0 Å². The van der Waals surface area contributed by atoms with Gasteiger partial charge in [0.2, 0.25) is 0 Å². The first-order valence-electron chi connectivity index (χ1n) is 14.7. The van der Waals surface area contributed by atoms with Crippen LogP contribution in [0.1, 0.15) is 63.3 Å². The van der Waals surface area contributed by atoms with Gasteiger partial charge in [-0.05, 0) is 76.1 Å². The lowest BCUT2D eigenvalue weighted by Gasteiger charge is -2.11. The monoisotopic (exact) mass is 526 g/mol. The Morgan fingerprint density at radius 1 is 0.575 bits per heavy atom. The van der Waals surface area contributed by atoms with Gasteiger partial charge in [0.15, 0.2) is 0 Å². The summed E-state index contributed by atoms with van der Waals surface area (Å²) in [4.78, 5) is 16.6. The summed E-state index contributed by atoms with van der Waals surface area (Å²) in [6, 6.07) is 24.3. The number of aromatic amines is 2. The Balaban J connectivity index is 0.925. The predicted octanol–water partition coefficient (Wildman–Crippen LogP) is 6.91. The van der Waals surface area contributed by atoms with E-state index in [0.29, 0.717) is 35.0 Å². The molecular formula is C34H34N6. The van der Waals surface area contributed by atoms with Gasteiger partial charge in [0.1, 0.15) is 11.6 Å². The minimum Gasteiger partial charge on any atom is -0.341 e. The summed E-state index contributed by atoms with van der Waals surface area (Å²) in [6.07, 6.45) is 8.91. The summed E-state index contributed by atoms with van der Waals surface area (Å²) in [7, 11) is 0. The molecule has 3 aromatic carbocycles. The lowest BCUT2D eigenvalue weighted by atomic mass is 9.98. The lowest BCUT2D eigenvalue weighted by Crippen LogP contribution is -2.18. The van der Waals surface area contributed by atoms with Crippen molar-refractivity contribution in [1.82, 2.24) is 30.6 Å². The largest absolute Gasteiger partial charge is 0.341 e. The number of hydrogen-bond donors (Lipinski definition) is 4. The van der Waals surface area contributed by atoms with Crippen LogP contribution in [0.4, 0.5) is 0 Å². The first-order chi connectivity index (χ1) is 19.4. The highest BCUT2D eigenvalue weighted by molar-refractivity contribution is 5.90. The Morgan fingerprint density at radius 2 is 1.05 bits per heavy atom. The predicted molar refractivity (Wildman–Crippen MR) is 159 cm³/mol. The molecule has 40 heavy (non-hydrogen) atoms. The van der Waals surface area contributed by atoms with Crippen molar-refractivity contribution in [2.45, 2.75) is 63.7 Å². The van der Waals surface area contributed by atoms with E-state index in [1.165, 1.54) is 58.7 Å². The fourth-order valence-corrected chi connectivity index (χ4v) is 7.43. The van der Waals surface area contributed by atoms with Crippen molar-refractivity contribution in [3.63, 3.8) is 0 Å². The smallest absolute Gasteiger partial charge is 0.123 e. The Morgan fingerprint density at radius 3 is 1.60 bits per heavy atom. The maximum absolute atomic E-state index is 4.72. The van der Waals surface area contributed by atoms with Crippen molar-refractivity contribution >= 4 is 10.8 Å². The maximum atomic E-state index is 4.72. The van der Waals surface area contributed by atoms with Gasteiger partial charge >= 0.3 is 0 Å². The van der Waals surface area contributed by atoms with Gasteiger partial charge in [0, 0.05) is 17.6 Å². The molecule has 9 rings (SSSR count). The first-order valence-corrected chi connectivity index (χ1v) is 14.7. The summed E-state index contributed by atoms with van der Waals surface area (Å²) in [6.45, 7) is 4.76. The topological polar surface area (TPSA) is 81.4 Å². The van der Waals surface area contributed by atoms with Crippen LogP contribution in [0.3, 0.4) is 0 Å². The minimum absolute atomic E-state index is 0.348. The van der Waals surface area contributed by atoms with Crippen LogP contribution in [-0.4, -0.2) is 32.0 Å². The number of imidazole rings is 2. The Labute approximate surface area is 234 Å². The molecule has 6 atom stereocenters. The van der Waals surface area contributed by atoms with Crippen molar-refractivity contribution in [1.29, 1.82) is 0 Å². The summed E-state index contributed by atoms with van der Waals surface area (Å²) in [5, 5.41) is 9.93. The van der Waals surface area contributed by atoms with Gasteiger partial charge < -0.3 is 20.6 Å². The molecule has 200 valence electrons. The van der Waals surface area contributed by atoms with Crippen molar-refractivity contribution in [2.75, 3.05) is 0 Å². The molecule has 0 bridgehead atoms. The highest BCUT2D eigenvalue weighted by atomic mass is 15.1. The summed E-state index contributed by atoms with van der Waals surface area (Å²) < 4.78 is 0. The molecule has 4 heterocycles. The van der Waals surface area contributed by atoms with E-state index in [4.69, 9.17) is 9.97 Å². The van der Waals surface area contributed by atoms with E-state index in [1.54, 1.807) is 0 Å². The van der Waals surface area contributed by atoms with Crippen LogP contribution in [0.25, 0.3) is 44.4 Å². The van der Waals surface area contributed by atoms with Crippen molar-refractivity contribution in [3.05, 3.63) is 84.7 Å². The second kappa shape index (κ2) is 7.93. The molecule has 0 spiro atoms. The van der Waals surface area contributed by atoms with E-state index in [1.807, 2.05) is 12.4 Å². The number of H-pyrrole nitrogens is 2. The number of nitrogens with one attached hydrogen (secondary N) is 4. The molecule has 0 unspecified atom stereocenters. The molecule has 4 aliphatic rings. The fraction of sp³-hybridized carbons (Fsp3) is 0.353. The van der Waals surface area contributed by atoms with E-state index < -0.39 is 0 Å². The summed E-state index contributed by atoms with van der Waals surface area (Å²) in [5.74, 6) is 2.13. The maximum Gasteiger partial charge on any atom is 0.123 e. The van der Waals surface area contributed by atoms with Crippen molar-refractivity contribution < 1.29 is 0 Å². The van der Waals surface area contributed by atoms with Gasteiger partial charge in [0.25, 0.3) is 0 Å². The quantitative estimate of drug-likeness (QED) is 0.201. The molecule has 4 N–H and O–H groups in total. The molecule has 2 aliphatic carbocycles. The second-order valence-corrected chi connectivity index (χ2v) is 13.4. The van der Waals surface area contributed by atoms with Gasteiger partial charge in [-0.1, -0.05) is 62.4 Å². The van der Waals surface area contributed by atoms with Crippen LogP contribution in [0.15, 0.2) is 73.1 Å². The molecule has 6 heteroatoms. The Hall–Kier alpha value is -3.74. The van der Waals surface area contributed by atoms with Crippen LogP contribution < -0.4 is 10.6 Å². The molecule has 2 aromatic heterocycles. The SMILES string of the molecule is C[C@@]12C[C@@H](c3ncc(-c4ccc5cc(-c6ccc(-c7cnc([C@@H]8C[C@]9(C)C[C@@H]9N8)[nH]7)cc6)ccc5c4)[nH]3)N[C@H]1C2. The number of benzene rings is 3. The molecule has 0 radical (unpaired) electrons. The van der Waals surface area contributed by atoms with Crippen LogP contribution in [0, 0.1) is 10.8 Å². The summed E-state index contributed by atoms with van der Waals surface area (Å²) >= 11 is 0. The van der Waals surface area contributed by atoms with Crippen LogP contribution in [0.2, 0.25) is 0 Å². The average Bonchev–Trinajstić information content (AvgIpc) is 3.46. The summed E-state index contributed by atoms with van der Waals surface area (Å²) in [5.41, 5.74) is 7.91. The van der Waals surface area contributed by atoms with E-state index >= 15 is 0 Å². The molecule has 4 fully saturated rings. The normalized spacial score (nSPS) is 31.9. The lowest BCUT2D eigenvalue weighted by molar-refractivity contribution is 0.488. The molecule has 5 aromatic rings. The van der Waals surface area contributed by atoms with Crippen LogP contribution in [0.5, 0.6) is 0 Å². The number of hydrogen-bond acceptors (Lipinski definition) is 4. The second-order valence-electron chi connectivity index (χ2n) is 13.4. The highest BCUT2D eigenvalue weighted by Crippen LogP contribution is 2.58. The number of fused-ring (bicyclic) bond motifs is 3. The average molecular weight is 527 g/mol. The van der Waals surface area contributed by atoms with E-state index in [0.717, 1.165) is 23.0 Å². The minimum atomic E-state index is 0.348. The van der Waals surface area contributed by atoms with E-state index in [2.05, 4.69) is 95.1 Å². The zero-order valence-electron chi connectivity index (χ0n) is 23.0. The van der Waals surface area contributed by atoms with Gasteiger partial charge in [-0.25, -0.2) is 9.97 Å². The van der Waals surface area contributed by atoms with Crippen molar-refractivity contribution in [2.24, 2.45) is 10.8 Å². The third-order valence-electron chi connectivity index (χ3n) is 10.4. The van der Waals surface area contributed by atoms with Gasteiger partial charge in [-0.2, -0.15) is 0 Å². The molecule has 0 amide bonds. The number of aromatic nitrogens is 4. The van der Waals surface area contributed by atoms with Crippen molar-refractivity contribution in [3.8, 4) is 33.6 Å². The molecular weight excluding hydrogens is 492 g/mol. The number of rotatable bonds is 5. The van der Waals surface area contributed by atoms with Gasteiger partial charge in [-0.3, -0.25) is 0 Å². The van der Waals surface area contributed by atoms with Gasteiger partial charge in [-0.15, -0.1) is 0 Å². The molecule has 2 saturated heterocycles. The zero-order valence-corrected chi connectivity index (χ0v) is 23.0. The third kappa shape index (κ3) is 3.62. The molecule has 2 aliphatic heterocycles. The first kappa shape index (κ1) is 23.0. The van der Waals surface area contributed by atoms with Gasteiger partial charge in [0.05, 0.1) is 35.9 Å². The number of piperidine rings is 2. The zero-order chi connectivity index (χ0) is 26.6. The fourth-order valence-electron chi connectivity index (χ4n) is 7.43. The third-order valence-corrected chi connectivity index (χ3v) is 10.4. The Kier molecular flexibility index (Phi) is 4.56. The van der Waals surface area contributed by atoms with E-state index in [-0.39, 0.29) is 0 Å². The number of nitrogens with zero attached hydrogens (tertiary/aromatic N) is 2. The van der Waals surface area contributed by atoms with E-state index in [9.17, 15) is 0 Å². The molecule has 2 saturated carbocycles. The Bertz CT molecular complexity index is 1780.